The highest BCUT2D eigenvalue weighted by Crippen LogP contribution is 2.19. The largest absolute Gasteiger partial charge is 0.480 e. The van der Waals surface area contributed by atoms with Gasteiger partial charge in [0, 0.05) is 29.7 Å². The molecule has 1 atom stereocenters. The Hall–Kier alpha value is -2.50. The standard InChI is InChI=1S/C17H22N4O2/c1-3-5-6-14(17(22)23)20-15-11-13(4-2)19-16(21-15)12-7-9-18-10-8-12/h7-11,14H,3-6H2,1-2H3,(H,22,23)(H,19,20,21)/t14-/m0/s1. The Morgan fingerprint density at radius 2 is 2.00 bits per heavy atom. The van der Waals surface area contributed by atoms with Crippen molar-refractivity contribution in [2.75, 3.05) is 5.32 Å². The van der Waals surface area contributed by atoms with Crippen LogP contribution in [0.4, 0.5) is 5.82 Å². The van der Waals surface area contributed by atoms with Gasteiger partial charge in [-0.1, -0.05) is 26.7 Å². The summed E-state index contributed by atoms with van der Waals surface area (Å²) in [5, 5.41) is 12.4. The summed E-state index contributed by atoms with van der Waals surface area (Å²) in [5.74, 6) is 0.265. The van der Waals surface area contributed by atoms with Crippen molar-refractivity contribution in [1.82, 2.24) is 15.0 Å². The van der Waals surface area contributed by atoms with E-state index in [2.05, 4.69) is 20.3 Å². The van der Waals surface area contributed by atoms with Gasteiger partial charge in [0.1, 0.15) is 11.9 Å². The number of aliphatic carboxylic acids is 1. The average Bonchev–Trinajstić information content (AvgIpc) is 2.58. The topological polar surface area (TPSA) is 88.0 Å². The molecule has 0 aliphatic rings. The van der Waals surface area contributed by atoms with Gasteiger partial charge in [0.15, 0.2) is 5.82 Å². The number of carboxylic acids is 1. The molecule has 122 valence electrons. The van der Waals surface area contributed by atoms with Gasteiger partial charge < -0.3 is 10.4 Å². The number of carboxylic acid groups (broad SMARTS) is 1. The minimum Gasteiger partial charge on any atom is -0.480 e. The summed E-state index contributed by atoms with van der Waals surface area (Å²) in [6.07, 6.45) is 6.51. The van der Waals surface area contributed by atoms with Crippen LogP contribution in [0, 0.1) is 0 Å². The monoisotopic (exact) mass is 314 g/mol. The summed E-state index contributed by atoms with van der Waals surface area (Å²) in [4.78, 5) is 24.4. The van der Waals surface area contributed by atoms with Gasteiger partial charge in [-0.3, -0.25) is 4.98 Å². The lowest BCUT2D eigenvalue weighted by Crippen LogP contribution is -2.29. The molecule has 0 unspecified atom stereocenters. The highest BCUT2D eigenvalue weighted by atomic mass is 16.4. The predicted octanol–water partition coefficient (Wildman–Crippen LogP) is 3.16. The van der Waals surface area contributed by atoms with Crippen molar-refractivity contribution in [3.8, 4) is 11.4 Å². The SMILES string of the molecule is CCCC[C@H](Nc1cc(CC)nc(-c2ccncc2)n1)C(=O)O. The molecule has 2 heterocycles. The number of rotatable bonds is 8. The first-order valence-corrected chi connectivity index (χ1v) is 7.91. The van der Waals surface area contributed by atoms with Crippen molar-refractivity contribution in [2.45, 2.75) is 45.6 Å². The van der Waals surface area contributed by atoms with Crippen molar-refractivity contribution >= 4 is 11.8 Å². The Balaban J connectivity index is 2.29. The smallest absolute Gasteiger partial charge is 0.326 e. The van der Waals surface area contributed by atoms with Gasteiger partial charge in [0.05, 0.1) is 0 Å². The van der Waals surface area contributed by atoms with Gasteiger partial charge in [-0.2, -0.15) is 0 Å². The van der Waals surface area contributed by atoms with E-state index in [4.69, 9.17) is 0 Å². The summed E-state index contributed by atoms with van der Waals surface area (Å²) in [5.41, 5.74) is 1.73. The minimum absolute atomic E-state index is 0.548. The Morgan fingerprint density at radius 3 is 2.61 bits per heavy atom. The molecule has 2 aromatic heterocycles. The van der Waals surface area contributed by atoms with Crippen LogP contribution in [0.15, 0.2) is 30.6 Å². The van der Waals surface area contributed by atoms with Crippen molar-refractivity contribution in [3.05, 3.63) is 36.3 Å². The Kier molecular flexibility index (Phi) is 6.02. The molecule has 0 aliphatic heterocycles. The number of aryl methyl sites for hydroxylation is 1. The van der Waals surface area contributed by atoms with Gasteiger partial charge >= 0.3 is 5.97 Å². The zero-order chi connectivity index (χ0) is 16.7. The van der Waals surface area contributed by atoms with Crippen LogP contribution in [-0.2, 0) is 11.2 Å². The van der Waals surface area contributed by atoms with Gasteiger partial charge in [0.2, 0.25) is 0 Å². The molecule has 2 rings (SSSR count). The average molecular weight is 314 g/mol. The first-order valence-electron chi connectivity index (χ1n) is 7.91. The summed E-state index contributed by atoms with van der Waals surface area (Å²) in [6.45, 7) is 4.05. The number of anilines is 1. The quantitative estimate of drug-likeness (QED) is 0.778. The number of unbranched alkanes of at least 4 members (excludes halogenated alkanes) is 1. The summed E-state index contributed by atoms with van der Waals surface area (Å²) in [7, 11) is 0. The van der Waals surface area contributed by atoms with Crippen LogP contribution in [0.1, 0.15) is 38.8 Å². The van der Waals surface area contributed by atoms with Crippen LogP contribution in [0.3, 0.4) is 0 Å². The molecule has 0 fully saturated rings. The molecule has 2 aromatic rings. The third-order valence-corrected chi connectivity index (χ3v) is 3.55. The highest BCUT2D eigenvalue weighted by Gasteiger charge is 2.18. The maximum atomic E-state index is 11.4. The number of pyridine rings is 1. The van der Waals surface area contributed by atoms with Gasteiger partial charge in [-0.15, -0.1) is 0 Å². The van der Waals surface area contributed by atoms with E-state index in [0.29, 0.717) is 18.1 Å². The number of carbonyl (C=O) groups is 1. The second-order valence-electron chi connectivity index (χ2n) is 5.33. The van der Waals surface area contributed by atoms with E-state index in [9.17, 15) is 9.90 Å². The highest BCUT2D eigenvalue weighted by molar-refractivity contribution is 5.77. The van der Waals surface area contributed by atoms with E-state index in [1.807, 2.05) is 32.0 Å². The summed E-state index contributed by atoms with van der Waals surface area (Å²) in [6, 6.07) is 4.85. The zero-order valence-corrected chi connectivity index (χ0v) is 13.5. The molecule has 6 nitrogen and oxygen atoms in total. The number of aromatic nitrogens is 3. The fraction of sp³-hybridized carbons (Fsp3) is 0.412. The van der Waals surface area contributed by atoms with Gasteiger partial charge in [-0.25, -0.2) is 14.8 Å². The summed E-state index contributed by atoms with van der Waals surface area (Å²) >= 11 is 0. The number of hydrogen-bond donors (Lipinski definition) is 2. The first-order chi connectivity index (χ1) is 11.1. The molecule has 0 saturated carbocycles. The Labute approximate surface area is 136 Å². The number of nitrogens with zero attached hydrogens (tertiary/aromatic N) is 3. The third-order valence-electron chi connectivity index (χ3n) is 3.55. The van der Waals surface area contributed by atoms with Crippen molar-refractivity contribution in [1.29, 1.82) is 0 Å². The molecular weight excluding hydrogens is 292 g/mol. The minimum atomic E-state index is -0.861. The van der Waals surface area contributed by atoms with Crippen LogP contribution in [0.25, 0.3) is 11.4 Å². The molecular formula is C17H22N4O2. The summed E-state index contributed by atoms with van der Waals surface area (Å²) < 4.78 is 0. The molecule has 6 heteroatoms. The molecule has 0 radical (unpaired) electrons. The molecule has 0 spiro atoms. The van der Waals surface area contributed by atoms with Crippen LogP contribution < -0.4 is 5.32 Å². The number of nitrogens with one attached hydrogen (secondary N) is 1. The van der Waals surface area contributed by atoms with E-state index < -0.39 is 12.0 Å². The lowest BCUT2D eigenvalue weighted by atomic mass is 10.1. The van der Waals surface area contributed by atoms with Crippen LogP contribution in [0.2, 0.25) is 0 Å². The molecule has 0 amide bonds. The third kappa shape index (κ3) is 4.74. The normalized spacial score (nSPS) is 11.9. The Morgan fingerprint density at radius 1 is 1.26 bits per heavy atom. The molecule has 0 bridgehead atoms. The van der Waals surface area contributed by atoms with Crippen molar-refractivity contribution in [3.63, 3.8) is 0 Å². The molecule has 23 heavy (non-hydrogen) atoms. The zero-order valence-electron chi connectivity index (χ0n) is 13.5. The fourth-order valence-corrected chi connectivity index (χ4v) is 2.23. The van der Waals surface area contributed by atoms with E-state index in [0.717, 1.165) is 30.5 Å². The van der Waals surface area contributed by atoms with Crippen LogP contribution >= 0.6 is 0 Å². The van der Waals surface area contributed by atoms with E-state index in [-0.39, 0.29) is 0 Å². The molecule has 0 aliphatic carbocycles. The maximum absolute atomic E-state index is 11.4. The lowest BCUT2D eigenvalue weighted by molar-refractivity contribution is -0.138. The van der Waals surface area contributed by atoms with E-state index in [1.165, 1.54) is 0 Å². The Bertz CT molecular complexity index is 646. The fourth-order valence-electron chi connectivity index (χ4n) is 2.23. The number of hydrogen-bond acceptors (Lipinski definition) is 5. The second-order valence-corrected chi connectivity index (χ2v) is 5.33. The van der Waals surface area contributed by atoms with Gasteiger partial charge in [-0.05, 0) is 25.0 Å². The van der Waals surface area contributed by atoms with Crippen LogP contribution in [-0.4, -0.2) is 32.1 Å². The molecule has 0 aromatic carbocycles. The first kappa shape index (κ1) is 16.9. The lowest BCUT2D eigenvalue weighted by Gasteiger charge is -2.16. The molecule has 2 N–H and O–H groups in total. The maximum Gasteiger partial charge on any atom is 0.326 e. The second kappa shape index (κ2) is 8.22. The van der Waals surface area contributed by atoms with Crippen LogP contribution in [0.5, 0.6) is 0 Å². The van der Waals surface area contributed by atoms with Crippen molar-refractivity contribution in [2.24, 2.45) is 0 Å². The van der Waals surface area contributed by atoms with E-state index >= 15 is 0 Å². The van der Waals surface area contributed by atoms with Crippen molar-refractivity contribution < 1.29 is 9.90 Å². The van der Waals surface area contributed by atoms with Gasteiger partial charge in [0.25, 0.3) is 0 Å². The molecule has 0 saturated heterocycles. The van der Waals surface area contributed by atoms with E-state index in [1.54, 1.807) is 12.4 Å². The predicted molar refractivity (Wildman–Crippen MR) is 89.2 cm³/mol.